The highest BCUT2D eigenvalue weighted by molar-refractivity contribution is 6.30. The van der Waals surface area contributed by atoms with Gasteiger partial charge in [-0.2, -0.15) is 0 Å². The lowest BCUT2D eigenvalue weighted by Gasteiger charge is -2.19. The summed E-state index contributed by atoms with van der Waals surface area (Å²) in [7, 11) is 1.75. The highest BCUT2D eigenvalue weighted by Crippen LogP contribution is 2.17. The van der Waals surface area contributed by atoms with Gasteiger partial charge in [-0.1, -0.05) is 43.6 Å². The number of pyridine rings is 1. The van der Waals surface area contributed by atoms with Crippen molar-refractivity contribution in [2.24, 2.45) is 0 Å². The molecule has 0 saturated heterocycles. The summed E-state index contributed by atoms with van der Waals surface area (Å²) in [6, 6.07) is 14.1. The van der Waals surface area contributed by atoms with Gasteiger partial charge in [0.1, 0.15) is 12.6 Å². The molecular weight excluding hydrogens is 430 g/mol. The van der Waals surface area contributed by atoms with Gasteiger partial charge >= 0.3 is 5.97 Å². The zero-order chi connectivity index (χ0) is 23.5. The van der Waals surface area contributed by atoms with Crippen LogP contribution in [0.2, 0.25) is 5.02 Å². The molecule has 8 heteroatoms. The number of nitrogens with one attached hydrogen (secondary N) is 3. The molecule has 2 aromatic carbocycles. The Morgan fingerprint density at radius 2 is 1.78 bits per heavy atom. The van der Waals surface area contributed by atoms with Crippen molar-refractivity contribution in [2.45, 2.75) is 26.3 Å². The molecule has 3 N–H and O–H groups in total. The van der Waals surface area contributed by atoms with Crippen LogP contribution in [0.3, 0.4) is 0 Å². The van der Waals surface area contributed by atoms with Crippen LogP contribution in [0.1, 0.15) is 29.8 Å². The number of H-pyrrole nitrogens is 1. The number of hydrogen-bond acceptors (Lipinski definition) is 5. The van der Waals surface area contributed by atoms with E-state index in [0.29, 0.717) is 28.2 Å². The van der Waals surface area contributed by atoms with Crippen molar-refractivity contribution in [1.29, 1.82) is 0 Å². The molecule has 1 aromatic heterocycles. The summed E-state index contributed by atoms with van der Waals surface area (Å²) in [5, 5.41) is 6.92. The average Bonchev–Trinajstić information content (AvgIpc) is 2.80. The number of ether oxygens (including phenoxy) is 1. The van der Waals surface area contributed by atoms with E-state index in [2.05, 4.69) is 15.6 Å². The van der Waals surface area contributed by atoms with Crippen LogP contribution < -0.4 is 16.2 Å². The molecule has 1 amide bonds. The molecule has 0 aliphatic rings. The standard InChI is InChI=1S/C22H22ClN3O4.C2H6/c1-24-10-11-30-22(29)19(26-21(28)14-6-8-16(23)9-7-14)12-15-13-20(27)25-18-5-3-2-4-17(15)18;1-2/h2-9,13,19,24H,10-12H2,1H3,(H,25,27)(H,26,28);1-2H3. The molecule has 0 saturated carbocycles. The molecule has 3 rings (SSSR count). The largest absolute Gasteiger partial charge is 0.463 e. The number of aromatic amines is 1. The number of para-hydroxylation sites is 1. The molecule has 1 heterocycles. The van der Waals surface area contributed by atoms with Gasteiger partial charge in [-0.05, 0) is 42.9 Å². The fourth-order valence-corrected chi connectivity index (χ4v) is 3.18. The molecule has 0 aliphatic carbocycles. The van der Waals surface area contributed by atoms with Crippen LogP contribution in [0.25, 0.3) is 10.9 Å². The maximum absolute atomic E-state index is 12.7. The van der Waals surface area contributed by atoms with Gasteiger partial charge in [-0.25, -0.2) is 4.79 Å². The quantitative estimate of drug-likeness (QED) is 0.356. The summed E-state index contributed by atoms with van der Waals surface area (Å²) >= 11 is 5.88. The maximum Gasteiger partial charge on any atom is 0.329 e. The number of benzene rings is 2. The van der Waals surface area contributed by atoms with Crippen molar-refractivity contribution in [1.82, 2.24) is 15.6 Å². The molecular formula is C24H28ClN3O4. The normalized spacial score (nSPS) is 11.2. The highest BCUT2D eigenvalue weighted by Gasteiger charge is 2.24. The van der Waals surface area contributed by atoms with Gasteiger partial charge < -0.3 is 20.4 Å². The highest BCUT2D eigenvalue weighted by atomic mass is 35.5. The molecule has 0 spiro atoms. The van der Waals surface area contributed by atoms with Crippen LogP contribution in [0.15, 0.2) is 59.4 Å². The van der Waals surface area contributed by atoms with E-state index in [1.54, 1.807) is 37.4 Å². The van der Waals surface area contributed by atoms with Crippen LogP contribution in [0.4, 0.5) is 0 Å². The summed E-state index contributed by atoms with van der Waals surface area (Å²) in [5.41, 5.74) is 1.38. The Hall–Kier alpha value is -3.16. The number of halogens is 1. The molecule has 1 atom stereocenters. The van der Waals surface area contributed by atoms with Crippen molar-refractivity contribution in [3.8, 4) is 0 Å². The Morgan fingerprint density at radius 3 is 2.47 bits per heavy atom. The van der Waals surface area contributed by atoms with Gasteiger partial charge in [-0.15, -0.1) is 0 Å². The topological polar surface area (TPSA) is 100 Å². The van der Waals surface area contributed by atoms with Crippen molar-refractivity contribution < 1.29 is 14.3 Å². The first-order chi connectivity index (χ1) is 15.5. The first kappa shape index (κ1) is 25.1. The lowest BCUT2D eigenvalue weighted by atomic mass is 10.0. The number of rotatable bonds is 8. The second-order valence-corrected chi connectivity index (χ2v) is 7.15. The SMILES string of the molecule is CC.CNCCOC(=O)C(Cc1cc(=O)[nH]c2ccccc12)NC(=O)c1ccc(Cl)cc1. The maximum atomic E-state index is 12.7. The minimum absolute atomic E-state index is 0.113. The number of aromatic nitrogens is 1. The van der Waals surface area contributed by atoms with Crippen molar-refractivity contribution in [2.75, 3.05) is 20.2 Å². The summed E-state index contributed by atoms with van der Waals surface area (Å²) < 4.78 is 5.29. The van der Waals surface area contributed by atoms with Crippen molar-refractivity contribution >= 4 is 34.4 Å². The van der Waals surface area contributed by atoms with E-state index in [9.17, 15) is 14.4 Å². The van der Waals surface area contributed by atoms with Gasteiger partial charge in [0.15, 0.2) is 0 Å². The molecule has 32 heavy (non-hydrogen) atoms. The van der Waals surface area contributed by atoms with Crippen LogP contribution in [-0.2, 0) is 16.0 Å². The second-order valence-electron chi connectivity index (χ2n) is 6.71. The van der Waals surface area contributed by atoms with E-state index < -0.39 is 17.9 Å². The first-order valence-corrected chi connectivity index (χ1v) is 10.8. The first-order valence-electron chi connectivity index (χ1n) is 10.5. The number of carbonyl (C=O) groups excluding carboxylic acids is 2. The summed E-state index contributed by atoms with van der Waals surface area (Å²) in [6.07, 6.45) is 0.113. The van der Waals surface area contributed by atoms with Gasteiger partial charge in [0.05, 0.1) is 0 Å². The van der Waals surface area contributed by atoms with E-state index >= 15 is 0 Å². The van der Waals surface area contributed by atoms with Crippen LogP contribution in [0.5, 0.6) is 0 Å². The number of carbonyl (C=O) groups is 2. The molecule has 3 aromatic rings. The van der Waals surface area contributed by atoms with Gasteiger partial charge in [0, 0.05) is 40.5 Å². The number of esters is 1. The predicted octanol–water partition coefficient (Wildman–Crippen LogP) is 3.31. The average molecular weight is 458 g/mol. The zero-order valence-corrected chi connectivity index (χ0v) is 19.2. The summed E-state index contributed by atoms with van der Waals surface area (Å²) in [4.78, 5) is 40.2. The minimum Gasteiger partial charge on any atom is -0.463 e. The third-order valence-electron chi connectivity index (χ3n) is 4.55. The minimum atomic E-state index is -0.963. The Morgan fingerprint density at radius 1 is 1.09 bits per heavy atom. The van der Waals surface area contributed by atoms with E-state index in [1.165, 1.54) is 6.07 Å². The Labute approximate surface area is 192 Å². The monoisotopic (exact) mass is 457 g/mol. The van der Waals surface area contributed by atoms with Crippen molar-refractivity contribution in [3.05, 3.63) is 81.1 Å². The lowest BCUT2D eigenvalue weighted by Crippen LogP contribution is -2.44. The second kappa shape index (κ2) is 12.6. The Balaban J connectivity index is 0.00000176. The smallest absolute Gasteiger partial charge is 0.329 e. The molecule has 0 bridgehead atoms. The molecule has 170 valence electrons. The number of fused-ring (bicyclic) bond motifs is 1. The Bertz CT molecular complexity index is 1100. The molecule has 7 nitrogen and oxygen atoms in total. The van der Waals surface area contributed by atoms with Crippen LogP contribution in [-0.4, -0.2) is 43.1 Å². The van der Waals surface area contributed by atoms with E-state index in [0.717, 1.165) is 5.39 Å². The number of hydrogen-bond donors (Lipinski definition) is 3. The van der Waals surface area contributed by atoms with Gasteiger partial charge in [0.2, 0.25) is 5.56 Å². The number of likely N-dealkylation sites (N-methyl/N-ethyl adjacent to an activating group) is 1. The Kier molecular flexibility index (Phi) is 9.91. The fraction of sp³-hybridized carbons (Fsp3) is 0.292. The van der Waals surface area contributed by atoms with E-state index in [1.807, 2.05) is 32.0 Å². The molecule has 0 fully saturated rings. The predicted molar refractivity (Wildman–Crippen MR) is 127 cm³/mol. The lowest BCUT2D eigenvalue weighted by molar-refractivity contribution is -0.145. The number of amides is 1. The molecule has 1 unspecified atom stereocenters. The third kappa shape index (κ3) is 6.93. The summed E-state index contributed by atoms with van der Waals surface area (Å²) in [6.45, 7) is 4.65. The van der Waals surface area contributed by atoms with E-state index in [-0.39, 0.29) is 18.6 Å². The van der Waals surface area contributed by atoms with Crippen molar-refractivity contribution in [3.63, 3.8) is 0 Å². The molecule has 0 radical (unpaired) electrons. The van der Waals surface area contributed by atoms with Crippen LogP contribution in [0, 0.1) is 0 Å². The molecule has 0 aliphatic heterocycles. The fourth-order valence-electron chi connectivity index (χ4n) is 3.06. The van der Waals surface area contributed by atoms with Crippen LogP contribution >= 0.6 is 11.6 Å². The zero-order valence-electron chi connectivity index (χ0n) is 18.4. The van der Waals surface area contributed by atoms with E-state index in [4.69, 9.17) is 16.3 Å². The van der Waals surface area contributed by atoms with Gasteiger partial charge in [-0.3, -0.25) is 9.59 Å². The van der Waals surface area contributed by atoms with Gasteiger partial charge in [0.25, 0.3) is 5.91 Å². The summed E-state index contributed by atoms with van der Waals surface area (Å²) in [5.74, 6) is -1.01. The third-order valence-corrected chi connectivity index (χ3v) is 4.80.